The zero-order valence-corrected chi connectivity index (χ0v) is 7.03. The van der Waals surface area contributed by atoms with Crippen LogP contribution in [0, 0.1) is 0 Å². The van der Waals surface area contributed by atoms with Crippen molar-refractivity contribution in [2.45, 2.75) is 26.7 Å². The Balaban J connectivity index is 3.17. The molecule has 0 heterocycles. The van der Waals surface area contributed by atoms with Crippen LogP contribution in [-0.2, 0) is 0 Å². The summed E-state index contributed by atoms with van der Waals surface area (Å²) in [7, 11) is 0. The van der Waals surface area contributed by atoms with Crippen molar-refractivity contribution >= 4 is 22.6 Å². The molecule has 0 aliphatic heterocycles. The molecule has 0 fully saturated rings. The minimum atomic E-state index is 1.25. The molecule has 0 amide bonds. The molecule has 42 valence electrons. The first-order valence-electron chi connectivity index (χ1n) is 2.57. The van der Waals surface area contributed by atoms with Gasteiger partial charge >= 0.3 is 0 Å². The third-order valence-electron chi connectivity index (χ3n) is 0.831. The summed E-state index contributed by atoms with van der Waals surface area (Å²) >= 11 is 2.27. The van der Waals surface area contributed by atoms with Crippen LogP contribution in [0.2, 0.25) is 0 Å². The molecule has 0 aliphatic rings. The Kier molecular flexibility index (Phi) is 4.94. The Morgan fingerprint density at radius 3 is 2.43 bits per heavy atom. The van der Waals surface area contributed by atoms with E-state index in [2.05, 4.69) is 40.5 Å². The number of hydrogen-bond donors (Lipinski definition) is 0. The van der Waals surface area contributed by atoms with Crippen molar-refractivity contribution in [3.8, 4) is 0 Å². The fourth-order valence-corrected chi connectivity index (χ4v) is 0.760. The van der Waals surface area contributed by atoms with Crippen LogP contribution in [0.5, 0.6) is 0 Å². The first-order chi connectivity index (χ1) is 3.31. The van der Waals surface area contributed by atoms with Crippen LogP contribution in [0.25, 0.3) is 0 Å². The summed E-state index contributed by atoms with van der Waals surface area (Å²) in [6, 6.07) is 0. The van der Waals surface area contributed by atoms with Crippen LogP contribution in [0.4, 0.5) is 0 Å². The van der Waals surface area contributed by atoms with Crippen molar-refractivity contribution in [3.63, 3.8) is 0 Å². The molecule has 7 heavy (non-hydrogen) atoms. The van der Waals surface area contributed by atoms with E-state index >= 15 is 0 Å². The van der Waals surface area contributed by atoms with Gasteiger partial charge in [-0.3, -0.25) is 0 Å². The zero-order chi connectivity index (χ0) is 5.70. The normalized spacial score (nSPS) is 12.1. The summed E-state index contributed by atoms with van der Waals surface area (Å²) in [5.41, 5.74) is 1.49. The predicted octanol–water partition coefficient (Wildman–Crippen LogP) is 3.13. The van der Waals surface area contributed by atoms with Gasteiger partial charge in [-0.1, -0.05) is 41.5 Å². The molecule has 0 unspecified atom stereocenters. The monoisotopic (exact) mass is 210 g/mol. The molecule has 0 rings (SSSR count). The lowest BCUT2D eigenvalue weighted by atomic mass is 10.2. The second kappa shape index (κ2) is 4.62. The van der Waals surface area contributed by atoms with Gasteiger partial charge in [-0.2, -0.15) is 0 Å². The molecule has 0 spiro atoms. The highest BCUT2D eigenvalue weighted by Gasteiger charge is 1.80. The molecule has 0 atom stereocenters. The van der Waals surface area contributed by atoms with Crippen LogP contribution in [0.3, 0.4) is 0 Å². The molecule has 0 aromatic carbocycles. The fourth-order valence-electron chi connectivity index (χ4n) is 0.449. The third-order valence-corrected chi connectivity index (χ3v) is 1.89. The van der Waals surface area contributed by atoms with Gasteiger partial charge in [-0.25, -0.2) is 0 Å². The molecular weight excluding hydrogens is 199 g/mol. The van der Waals surface area contributed by atoms with Crippen LogP contribution >= 0.6 is 22.6 Å². The number of halogens is 1. The summed E-state index contributed by atoms with van der Waals surface area (Å²) in [6.45, 7) is 4.36. The molecule has 0 aromatic rings. The maximum Gasteiger partial charge on any atom is -0.0245 e. The Hall–Kier alpha value is 0.470. The van der Waals surface area contributed by atoms with Gasteiger partial charge in [0.1, 0.15) is 0 Å². The maximum atomic E-state index is 2.27. The van der Waals surface area contributed by atoms with Crippen molar-refractivity contribution in [3.05, 3.63) is 9.66 Å². The van der Waals surface area contributed by atoms with E-state index in [4.69, 9.17) is 0 Å². The molecule has 0 saturated carbocycles. The lowest BCUT2D eigenvalue weighted by molar-refractivity contribution is 0.909. The Morgan fingerprint density at radius 2 is 2.29 bits per heavy atom. The minimum absolute atomic E-state index is 1.25. The first-order valence-corrected chi connectivity index (χ1v) is 3.81. The van der Waals surface area contributed by atoms with Gasteiger partial charge < -0.3 is 0 Å². The lowest BCUT2D eigenvalue weighted by Crippen LogP contribution is -1.69. The molecule has 1 heteroatoms. The predicted molar refractivity (Wildman–Crippen MR) is 42.7 cm³/mol. The van der Waals surface area contributed by atoms with E-state index in [1.165, 1.54) is 18.4 Å². The van der Waals surface area contributed by atoms with E-state index < -0.39 is 0 Å². The molecule has 0 nitrogen and oxygen atoms in total. The quantitative estimate of drug-likeness (QED) is 0.614. The lowest BCUT2D eigenvalue weighted by Gasteiger charge is -1.90. The number of allylic oxidation sites excluding steroid dienone is 1. The summed E-state index contributed by atoms with van der Waals surface area (Å²) < 4.78 is 2.14. The van der Waals surface area contributed by atoms with Gasteiger partial charge in [0.15, 0.2) is 0 Å². The largest absolute Gasteiger partial charge is 0.0673 e. The van der Waals surface area contributed by atoms with Crippen molar-refractivity contribution in [2.24, 2.45) is 0 Å². The summed E-state index contributed by atoms with van der Waals surface area (Å²) in [5, 5.41) is 0. The van der Waals surface area contributed by atoms with Crippen molar-refractivity contribution in [1.29, 1.82) is 0 Å². The Morgan fingerprint density at radius 1 is 1.71 bits per heavy atom. The molecular formula is C6H11I. The van der Waals surface area contributed by atoms with Crippen LogP contribution in [0.15, 0.2) is 9.66 Å². The summed E-state index contributed by atoms with van der Waals surface area (Å²) in [6.07, 6.45) is 2.52. The van der Waals surface area contributed by atoms with Crippen molar-refractivity contribution < 1.29 is 0 Å². The smallest absolute Gasteiger partial charge is 0.0245 e. The molecule has 0 aliphatic carbocycles. The fraction of sp³-hybridized carbons (Fsp3) is 0.667. The second-order valence-electron chi connectivity index (χ2n) is 1.71. The van der Waals surface area contributed by atoms with Crippen LogP contribution in [-0.4, -0.2) is 0 Å². The highest BCUT2D eigenvalue weighted by molar-refractivity contribution is 14.1. The standard InChI is InChI=1S/C6H11I/c1-3-4-6(2)5-7/h5H,3-4H2,1-2H3/b6-5-. The number of rotatable bonds is 2. The Labute approximate surface area is 59.1 Å². The topological polar surface area (TPSA) is 0 Å². The molecule has 0 radical (unpaired) electrons. The third kappa shape index (κ3) is 4.32. The summed E-state index contributed by atoms with van der Waals surface area (Å²) in [4.78, 5) is 0. The second-order valence-corrected chi connectivity index (χ2v) is 2.33. The average Bonchev–Trinajstić information content (AvgIpc) is 1.68. The SMILES string of the molecule is CCC/C(C)=C\I. The molecule has 0 saturated heterocycles. The van der Waals surface area contributed by atoms with Gasteiger partial charge in [0.2, 0.25) is 0 Å². The molecule has 0 bridgehead atoms. The van der Waals surface area contributed by atoms with E-state index in [1.807, 2.05) is 0 Å². The van der Waals surface area contributed by atoms with Gasteiger partial charge in [0.25, 0.3) is 0 Å². The van der Waals surface area contributed by atoms with Crippen LogP contribution < -0.4 is 0 Å². The molecule has 0 aromatic heterocycles. The van der Waals surface area contributed by atoms with Crippen molar-refractivity contribution in [2.75, 3.05) is 0 Å². The van der Waals surface area contributed by atoms with Gasteiger partial charge in [-0.05, 0) is 17.4 Å². The van der Waals surface area contributed by atoms with E-state index in [1.54, 1.807) is 0 Å². The van der Waals surface area contributed by atoms with E-state index in [0.717, 1.165) is 0 Å². The van der Waals surface area contributed by atoms with Crippen molar-refractivity contribution in [1.82, 2.24) is 0 Å². The number of hydrogen-bond acceptors (Lipinski definition) is 0. The highest BCUT2D eigenvalue weighted by Crippen LogP contribution is 2.04. The highest BCUT2D eigenvalue weighted by atomic mass is 127. The minimum Gasteiger partial charge on any atom is -0.0673 e. The van der Waals surface area contributed by atoms with Gasteiger partial charge in [0.05, 0.1) is 0 Å². The van der Waals surface area contributed by atoms with Gasteiger partial charge in [0, 0.05) is 0 Å². The maximum absolute atomic E-state index is 2.27. The molecule has 0 N–H and O–H groups in total. The van der Waals surface area contributed by atoms with E-state index in [9.17, 15) is 0 Å². The Bertz CT molecular complexity index is 64.6. The zero-order valence-electron chi connectivity index (χ0n) is 4.87. The first kappa shape index (κ1) is 7.47. The van der Waals surface area contributed by atoms with E-state index in [-0.39, 0.29) is 0 Å². The summed E-state index contributed by atoms with van der Waals surface area (Å²) in [5.74, 6) is 0. The van der Waals surface area contributed by atoms with Gasteiger partial charge in [-0.15, -0.1) is 0 Å². The average molecular weight is 210 g/mol. The van der Waals surface area contributed by atoms with Crippen LogP contribution in [0.1, 0.15) is 26.7 Å². The van der Waals surface area contributed by atoms with E-state index in [0.29, 0.717) is 0 Å².